The molecule has 23 heavy (non-hydrogen) atoms. The van der Waals surface area contributed by atoms with E-state index in [1.54, 1.807) is 23.6 Å². The summed E-state index contributed by atoms with van der Waals surface area (Å²) in [5, 5.41) is 15.1. The molecular weight excluding hydrogens is 319 g/mol. The average Bonchev–Trinajstić information content (AvgIpc) is 3.04. The highest BCUT2D eigenvalue weighted by molar-refractivity contribution is 7.13. The highest BCUT2D eigenvalue weighted by Gasteiger charge is 2.30. The third kappa shape index (κ3) is 3.74. The van der Waals surface area contributed by atoms with E-state index in [1.807, 2.05) is 0 Å². The maximum Gasteiger partial charge on any atom is 0.270 e. The van der Waals surface area contributed by atoms with Gasteiger partial charge in [-0.1, -0.05) is 12.1 Å². The Hall–Kier alpha value is -1.83. The molecule has 2 N–H and O–H groups in total. The molecule has 0 bridgehead atoms. The number of aromatic nitrogens is 1. The van der Waals surface area contributed by atoms with E-state index in [2.05, 4.69) is 10.3 Å². The van der Waals surface area contributed by atoms with E-state index >= 15 is 0 Å². The van der Waals surface area contributed by atoms with Crippen LogP contribution in [0.15, 0.2) is 29.6 Å². The zero-order valence-corrected chi connectivity index (χ0v) is 13.2. The third-order valence-electron chi connectivity index (χ3n) is 3.84. The lowest BCUT2D eigenvalue weighted by Gasteiger charge is -2.31. The quantitative estimate of drug-likeness (QED) is 0.898. The fourth-order valence-electron chi connectivity index (χ4n) is 2.40. The van der Waals surface area contributed by atoms with Crippen LogP contribution in [0.3, 0.4) is 0 Å². The summed E-state index contributed by atoms with van der Waals surface area (Å²) < 4.78 is 18.9. The summed E-state index contributed by atoms with van der Waals surface area (Å²) in [6.07, 6.45) is 0.982. The molecule has 0 atom stereocenters. The molecule has 2 heterocycles. The van der Waals surface area contributed by atoms with Crippen molar-refractivity contribution in [2.24, 2.45) is 0 Å². The average molecular weight is 336 g/mol. The molecule has 3 rings (SSSR count). The van der Waals surface area contributed by atoms with Crippen LogP contribution in [0.25, 0.3) is 10.6 Å². The van der Waals surface area contributed by atoms with E-state index in [4.69, 9.17) is 4.74 Å². The number of carbonyl (C=O) groups is 1. The predicted octanol–water partition coefficient (Wildman–Crippen LogP) is 2.22. The highest BCUT2D eigenvalue weighted by atomic mass is 32.1. The van der Waals surface area contributed by atoms with Crippen molar-refractivity contribution in [3.63, 3.8) is 0 Å². The molecule has 0 spiro atoms. The maximum absolute atomic E-state index is 13.7. The van der Waals surface area contributed by atoms with Crippen LogP contribution in [0, 0.1) is 5.82 Å². The lowest BCUT2D eigenvalue weighted by Crippen LogP contribution is -2.46. The van der Waals surface area contributed by atoms with Gasteiger partial charge in [0.25, 0.3) is 5.91 Å². The summed E-state index contributed by atoms with van der Waals surface area (Å²) in [6, 6.07) is 6.31. The summed E-state index contributed by atoms with van der Waals surface area (Å²) in [6.45, 7) is 1.13. The van der Waals surface area contributed by atoms with E-state index in [1.165, 1.54) is 17.4 Å². The van der Waals surface area contributed by atoms with Crippen molar-refractivity contribution in [3.8, 4) is 10.6 Å². The number of hydrogen-bond donors (Lipinski definition) is 2. The normalized spacial score (nSPS) is 17.0. The molecule has 1 aromatic heterocycles. The fraction of sp³-hybridized carbons (Fsp3) is 0.375. The molecule has 1 aromatic carbocycles. The largest absolute Gasteiger partial charge is 0.388 e. The van der Waals surface area contributed by atoms with E-state index < -0.39 is 5.60 Å². The third-order valence-corrected chi connectivity index (χ3v) is 4.72. The van der Waals surface area contributed by atoms with Gasteiger partial charge in [-0.2, -0.15) is 0 Å². The lowest BCUT2D eigenvalue weighted by molar-refractivity contribution is -0.0605. The van der Waals surface area contributed by atoms with Crippen LogP contribution < -0.4 is 5.32 Å². The topological polar surface area (TPSA) is 71.5 Å². The Kier molecular flexibility index (Phi) is 4.70. The molecule has 1 saturated heterocycles. The van der Waals surface area contributed by atoms with Crippen molar-refractivity contribution < 1.29 is 19.0 Å². The zero-order chi connectivity index (χ0) is 16.3. The monoisotopic (exact) mass is 336 g/mol. The molecule has 1 amide bonds. The Morgan fingerprint density at radius 3 is 2.87 bits per heavy atom. The van der Waals surface area contributed by atoms with E-state index in [9.17, 15) is 14.3 Å². The summed E-state index contributed by atoms with van der Waals surface area (Å²) >= 11 is 1.21. The number of carbonyl (C=O) groups excluding carboxylic acids is 1. The van der Waals surface area contributed by atoms with E-state index in [0.29, 0.717) is 36.6 Å². The number of nitrogens with one attached hydrogen (secondary N) is 1. The second kappa shape index (κ2) is 6.74. The smallest absolute Gasteiger partial charge is 0.270 e. The first kappa shape index (κ1) is 16.0. The first-order chi connectivity index (χ1) is 11.1. The van der Waals surface area contributed by atoms with Crippen molar-refractivity contribution >= 4 is 17.2 Å². The summed E-state index contributed by atoms with van der Waals surface area (Å²) in [4.78, 5) is 16.3. The molecule has 0 saturated carbocycles. The van der Waals surface area contributed by atoms with Crippen LogP contribution in [0.4, 0.5) is 4.39 Å². The van der Waals surface area contributed by atoms with Gasteiger partial charge in [-0.25, -0.2) is 9.37 Å². The number of hydrogen-bond acceptors (Lipinski definition) is 5. The Bertz CT molecular complexity index is 698. The molecule has 0 unspecified atom stereocenters. The molecule has 2 aromatic rings. The van der Waals surface area contributed by atoms with Gasteiger partial charge in [0.15, 0.2) is 0 Å². The van der Waals surface area contributed by atoms with Crippen LogP contribution >= 0.6 is 11.3 Å². The predicted molar refractivity (Wildman–Crippen MR) is 84.8 cm³/mol. The van der Waals surface area contributed by atoms with Crippen LogP contribution in [-0.2, 0) is 4.74 Å². The minimum absolute atomic E-state index is 0.155. The molecular formula is C16H17FN2O3S. The number of nitrogens with zero attached hydrogens (tertiary/aromatic N) is 1. The lowest BCUT2D eigenvalue weighted by atomic mass is 9.94. The van der Waals surface area contributed by atoms with Gasteiger partial charge in [-0.3, -0.25) is 4.79 Å². The van der Waals surface area contributed by atoms with Gasteiger partial charge in [0.05, 0.1) is 5.60 Å². The van der Waals surface area contributed by atoms with Gasteiger partial charge in [0.2, 0.25) is 0 Å². The molecule has 1 aliphatic heterocycles. The second-order valence-corrected chi connectivity index (χ2v) is 6.40. The fourth-order valence-corrected chi connectivity index (χ4v) is 3.23. The Morgan fingerprint density at radius 2 is 2.13 bits per heavy atom. The van der Waals surface area contributed by atoms with Crippen LogP contribution in [0.2, 0.25) is 0 Å². The molecule has 0 radical (unpaired) electrons. The van der Waals surface area contributed by atoms with Gasteiger partial charge in [-0.15, -0.1) is 11.3 Å². The highest BCUT2D eigenvalue weighted by Crippen LogP contribution is 2.26. The van der Waals surface area contributed by atoms with E-state index in [-0.39, 0.29) is 24.0 Å². The number of benzene rings is 1. The Morgan fingerprint density at radius 1 is 1.39 bits per heavy atom. The minimum atomic E-state index is -0.932. The van der Waals surface area contributed by atoms with Crippen molar-refractivity contribution in [1.82, 2.24) is 10.3 Å². The molecule has 1 fully saturated rings. The zero-order valence-electron chi connectivity index (χ0n) is 12.4. The number of amides is 1. The summed E-state index contributed by atoms with van der Waals surface area (Å²) in [7, 11) is 0. The number of aliphatic hydroxyl groups is 1. The summed E-state index contributed by atoms with van der Waals surface area (Å²) in [5.41, 5.74) is -0.332. The van der Waals surface area contributed by atoms with Crippen molar-refractivity contribution in [2.45, 2.75) is 18.4 Å². The summed E-state index contributed by atoms with van der Waals surface area (Å²) in [5.74, 6) is -0.742. The number of rotatable bonds is 4. The molecule has 5 nitrogen and oxygen atoms in total. The minimum Gasteiger partial charge on any atom is -0.388 e. The first-order valence-electron chi connectivity index (χ1n) is 7.36. The SMILES string of the molecule is O=C(NCC1(O)CCOCC1)c1csc(-c2ccccc2F)n1. The van der Waals surface area contributed by atoms with Crippen LogP contribution in [0.1, 0.15) is 23.3 Å². The number of thiazole rings is 1. The van der Waals surface area contributed by atoms with Crippen molar-refractivity contribution in [3.05, 3.63) is 41.2 Å². The van der Waals surface area contributed by atoms with Gasteiger partial charge >= 0.3 is 0 Å². The van der Waals surface area contributed by atoms with Crippen LogP contribution in [-0.4, -0.2) is 41.4 Å². The van der Waals surface area contributed by atoms with Gasteiger partial charge < -0.3 is 15.2 Å². The molecule has 122 valence electrons. The van der Waals surface area contributed by atoms with Crippen molar-refractivity contribution in [2.75, 3.05) is 19.8 Å². The number of ether oxygens (including phenoxy) is 1. The molecule has 7 heteroatoms. The first-order valence-corrected chi connectivity index (χ1v) is 8.24. The van der Waals surface area contributed by atoms with Gasteiger partial charge in [0, 0.05) is 43.5 Å². The Labute approximate surface area is 137 Å². The maximum atomic E-state index is 13.7. The molecule has 1 aliphatic rings. The van der Waals surface area contributed by atoms with Crippen LogP contribution in [0.5, 0.6) is 0 Å². The molecule has 0 aliphatic carbocycles. The second-order valence-electron chi connectivity index (χ2n) is 5.54. The number of halogens is 1. The van der Waals surface area contributed by atoms with Crippen molar-refractivity contribution in [1.29, 1.82) is 0 Å². The standard InChI is InChI=1S/C16H17FN2O3S/c17-12-4-2-1-3-11(12)15-19-13(9-23-15)14(20)18-10-16(21)5-7-22-8-6-16/h1-4,9,21H,5-8,10H2,(H,18,20). The van der Waals surface area contributed by atoms with Gasteiger partial charge in [-0.05, 0) is 12.1 Å². The Balaban J connectivity index is 1.66. The van der Waals surface area contributed by atoms with Gasteiger partial charge in [0.1, 0.15) is 16.5 Å². The van der Waals surface area contributed by atoms with E-state index in [0.717, 1.165) is 0 Å².